The Labute approximate surface area is 128 Å². The third-order valence-corrected chi connectivity index (χ3v) is 5.01. The van der Waals surface area contributed by atoms with Crippen molar-refractivity contribution in [1.29, 1.82) is 0 Å². The molecule has 0 radical (unpaired) electrons. The minimum Gasteiger partial charge on any atom is -0.328 e. The van der Waals surface area contributed by atoms with E-state index in [1.807, 2.05) is 11.6 Å². The zero-order valence-corrected chi connectivity index (χ0v) is 13.8. The molecule has 0 fully saturated rings. The predicted octanol–water partition coefficient (Wildman–Crippen LogP) is 4.10. The summed E-state index contributed by atoms with van der Waals surface area (Å²) in [5.74, 6) is 0. The van der Waals surface area contributed by atoms with Crippen LogP contribution in [0.2, 0.25) is 0 Å². The van der Waals surface area contributed by atoms with Crippen molar-refractivity contribution in [3.05, 3.63) is 31.3 Å². The minimum atomic E-state index is 0.752. The van der Waals surface area contributed by atoms with Gasteiger partial charge in [-0.25, -0.2) is 4.68 Å². The van der Waals surface area contributed by atoms with Crippen LogP contribution in [0.1, 0.15) is 17.5 Å². The fraction of sp³-hybridized carbons (Fsp3) is 0.333. The van der Waals surface area contributed by atoms with Crippen LogP contribution in [0.15, 0.2) is 15.9 Å². The fourth-order valence-corrected chi connectivity index (χ4v) is 3.95. The molecule has 3 heterocycles. The van der Waals surface area contributed by atoms with Crippen LogP contribution >= 0.6 is 39.5 Å². The molecule has 0 bridgehead atoms. The number of aromatic nitrogens is 4. The molecule has 0 aliphatic rings. The van der Waals surface area contributed by atoms with Gasteiger partial charge in [0.05, 0.1) is 16.0 Å². The van der Waals surface area contributed by atoms with E-state index in [9.17, 15) is 0 Å². The number of H-pyrrole nitrogens is 1. The summed E-state index contributed by atoms with van der Waals surface area (Å²) >= 11 is 10.7. The molecule has 0 unspecified atom stereocenters. The summed E-state index contributed by atoms with van der Waals surface area (Å²) < 4.78 is 6.01. The van der Waals surface area contributed by atoms with Gasteiger partial charge in [0.15, 0.2) is 10.4 Å². The Balaban J connectivity index is 2.17. The highest BCUT2D eigenvalue weighted by Crippen LogP contribution is 2.25. The van der Waals surface area contributed by atoms with Gasteiger partial charge in [0.2, 0.25) is 0 Å². The van der Waals surface area contributed by atoms with E-state index >= 15 is 0 Å². The van der Waals surface area contributed by atoms with Gasteiger partial charge in [0, 0.05) is 11.4 Å². The first kappa shape index (κ1) is 13.1. The van der Waals surface area contributed by atoms with Crippen LogP contribution in [0.25, 0.3) is 11.2 Å². The molecule has 3 aromatic heterocycles. The molecule has 19 heavy (non-hydrogen) atoms. The van der Waals surface area contributed by atoms with E-state index in [4.69, 9.17) is 12.2 Å². The molecule has 7 heteroatoms. The Hall–Kier alpha value is -0.920. The summed E-state index contributed by atoms with van der Waals surface area (Å²) in [6.45, 7) is 5.71. The summed E-state index contributed by atoms with van der Waals surface area (Å²) in [4.78, 5) is 4.53. The lowest BCUT2D eigenvalue weighted by Crippen LogP contribution is -2.05. The number of hydrogen-bond acceptors (Lipinski definition) is 3. The monoisotopic (exact) mass is 356 g/mol. The number of nitrogens with one attached hydrogen (secondary N) is 1. The molecule has 0 amide bonds. The van der Waals surface area contributed by atoms with E-state index in [-0.39, 0.29) is 0 Å². The molecule has 100 valence electrons. The summed E-state index contributed by atoms with van der Waals surface area (Å²) in [5.41, 5.74) is 3.12. The van der Waals surface area contributed by atoms with Crippen molar-refractivity contribution in [3.8, 4) is 0 Å². The van der Waals surface area contributed by atoms with Crippen molar-refractivity contribution in [2.24, 2.45) is 0 Å². The summed E-state index contributed by atoms with van der Waals surface area (Å²) in [6.07, 6.45) is 0. The van der Waals surface area contributed by atoms with Crippen LogP contribution in [0.5, 0.6) is 0 Å². The highest BCUT2D eigenvalue weighted by Gasteiger charge is 2.14. The highest BCUT2D eigenvalue weighted by atomic mass is 79.9. The van der Waals surface area contributed by atoms with Gasteiger partial charge in [-0.15, -0.1) is 11.3 Å². The first-order valence-corrected chi connectivity index (χ1v) is 8.02. The third-order valence-electron chi connectivity index (χ3n) is 3.08. The predicted molar refractivity (Wildman–Crippen MR) is 84.4 cm³/mol. The topological polar surface area (TPSA) is 38.5 Å². The van der Waals surface area contributed by atoms with Gasteiger partial charge in [-0.1, -0.05) is 0 Å². The summed E-state index contributed by atoms with van der Waals surface area (Å²) in [7, 11) is 0. The minimum absolute atomic E-state index is 0.752. The zero-order chi connectivity index (χ0) is 13.6. The third kappa shape index (κ3) is 2.19. The maximum atomic E-state index is 5.44. The lowest BCUT2D eigenvalue weighted by molar-refractivity contribution is 0.645. The van der Waals surface area contributed by atoms with Crippen molar-refractivity contribution in [2.45, 2.75) is 26.9 Å². The van der Waals surface area contributed by atoms with E-state index in [0.717, 1.165) is 38.5 Å². The molecule has 0 aliphatic heterocycles. The van der Waals surface area contributed by atoms with Gasteiger partial charge in [0.1, 0.15) is 5.52 Å². The maximum Gasteiger partial charge on any atom is 0.179 e. The van der Waals surface area contributed by atoms with E-state index < -0.39 is 0 Å². The molecule has 4 nitrogen and oxygen atoms in total. The largest absolute Gasteiger partial charge is 0.328 e. The van der Waals surface area contributed by atoms with Crippen LogP contribution in [-0.2, 0) is 13.1 Å². The second-order valence-corrected chi connectivity index (χ2v) is 7.26. The average Bonchev–Trinajstić information content (AvgIpc) is 3.00. The van der Waals surface area contributed by atoms with Gasteiger partial charge in [-0.05, 0) is 54.1 Å². The number of aromatic amines is 1. The van der Waals surface area contributed by atoms with E-state index in [2.05, 4.69) is 49.6 Å². The van der Waals surface area contributed by atoms with E-state index in [0.29, 0.717) is 0 Å². The second kappa shape index (κ2) is 4.88. The number of aryl methyl sites for hydroxylation is 2. The first-order valence-electron chi connectivity index (χ1n) is 6.00. The highest BCUT2D eigenvalue weighted by molar-refractivity contribution is 9.11. The number of imidazole rings is 1. The molecule has 0 saturated heterocycles. The van der Waals surface area contributed by atoms with Crippen LogP contribution in [0.4, 0.5) is 0 Å². The molecular weight excluding hydrogens is 344 g/mol. The summed E-state index contributed by atoms with van der Waals surface area (Å²) in [5, 5.41) is 4.53. The Morgan fingerprint density at radius 3 is 2.89 bits per heavy atom. The van der Waals surface area contributed by atoms with Gasteiger partial charge in [-0.3, -0.25) is 4.57 Å². The van der Waals surface area contributed by atoms with Gasteiger partial charge in [0.25, 0.3) is 0 Å². The van der Waals surface area contributed by atoms with Gasteiger partial charge >= 0.3 is 0 Å². The molecule has 0 aromatic carbocycles. The standard InChI is InChI=1S/C12H13BrN4S2/c1-3-17-11-10(7(2)15-17)14-12(18)16(11)6-8-4-5-9(13)19-8/h4-5H,3,6H2,1-2H3,(H,14,18). The average molecular weight is 357 g/mol. The Bertz CT molecular complexity index is 792. The lowest BCUT2D eigenvalue weighted by atomic mass is 10.4. The molecule has 0 atom stereocenters. The normalized spacial score (nSPS) is 11.5. The van der Waals surface area contributed by atoms with Crippen LogP contribution in [0, 0.1) is 11.7 Å². The van der Waals surface area contributed by atoms with Crippen LogP contribution in [0.3, 0.4) is 0 Å². The SMILES string of the molecule is CCn1nc(C)c2[nH]c(=S)n(Cc3ccc(Br)s3)c21. The molecular formula is C12H13BrN4S2. The number of fused-ring (bicyclic) bond motifs is 1. The number of rotatable bonds is 3. The molecule has 0 spiro atoms. The Morgan fingerprint density at radius 1 is 1.47 bits per heavy atom. The Morgan fingerprint density at radius 2 is 2.26 bits per heavy atom. The maximum absolute atomic E-state index is 5.44. The molecule has 0 saturated carbocycles. The number of nitrogens with zero attached hydrogens (tertiary/aromatic N) is 3. The van der Waals surface area contributed by atoms with Crippen molar-refractivity contribution in [2.75, 3.05) is 0 Å². The smallest absolute Gasteiger partial charge is 0.179 e. The van der Waals surface area contributed by atoms with Gasteiger partial charge in [-0.2, -0.15) is 5.10 Å². The number of halogens is 1. The van der Waals surface area contributed by atoms with E-state index in [1.54, 1.807) is 11.3 Å². The quantitative estimate of drug-likeness (QED) is 0.717. The molecule has 3 rings (SSSR count). The Kier molecular flexibility index (Phi) is 3.36. The first-order chi connectivity index (χ1) is 9.10. The molecule has 0 aliphatic carbocycles. The zero-order valence-electron chi connectivity index (χ0n) is 10.6. The summed E-state index contributed by atoms with van der Waals surface area (Å²) in [6, 6.07) is 4.19. The van der Waals surface area contributed by atoms with Gasteiger partial charge < -0.3 is 4.98 Å². The van der Waals surface area contributed by atoms with Crippen molar-refractivity contribution in [1.82, 2.24) is 19.3 Å². The second-order valence-electron chi connectivity index (χ2n) is 4.32. The van der Waals surface area contributed by atoms with Crippen molar-refractivity contribution >= 4 is 50.6 Å². The van der Waals surface area contributed by atoms with E-state index in [1.165, 1.54) is 4.88 Å². The number of thiophene rings is 1. The fourth-order valence-electron chi connectivity index (χ4n) is 2.22. The van der Waals surface area contributed by atoms with Crippen molar-refractivity contribution < 1.29 is 0 Å². The number of hydrogen-bond donors (Lipinski definition) is 1. The van der Waals surface area contributed by atoms with Crippen LogP contribution in [-0.4, -0.2) is 19.3 Å². The molecule has 3 aromatic rings. The van der Waals surface area contributed by atoms with Crippen molar-refractivity contribution in [3.63, 3.8) is 0 Å². The van der Waals surface area contributed by atoms with Crippen LogP contribution < -0.4 is 0 Å². The lowest BCUT2D eigenvalue weighted by Gasteiger charge is -2.04. The molecule has 1 N–H and O–H groups in total.